The summed E-state index contributed by atoms with van der Waals surface area (Å²) in [7, 11) is 4.49. The summed E-state index contributed by atoms with van der Waals surface area (Å²) in [5.74, 6) is 0.838. The van der Waals surface area contributed by atoms with E-state index >= 15 is 0 Å². The third-order valence-corrected chi connectivity index (χ3v) is 6.23. The van der Waals surface area contributed by atoms with Crippen LogP contribution in [0.15, 0.2) is 69.6 Å². The molecule has 7 nitrogen and oxygen atoms in total. The number of rotatable bonds is 5. The second kappa shape index (κ2) is 8.84. The van der Waals surface area contributed by atoms with Crippen LogP contribution >= 0.6 is 11.3 Å². The quantitative estimate of drug-likeness (QED) is 0.558. The van der Waals surface area contributed by atoms with Gasteiger partial charge in [-0.2, -0.15) is 0 Å². The van der Waals surface area contributed by atoms with Crippen LogP contribution in [0.5, 0.6) is 11.5 Å². The van der Waals surface area contributed by atoms with Crippen LogP contribution in [0.2, 0.25) is 0 Å². The van der Waals surface area contributed by atoms with Crippen LogP contribution in [-0.2, 0) is 9.53 Å². The largest absolute Gasteiger partial charge is 0.497 e. The van der Waals surface area contributed by atoms with Gasteiger partial charge in [0.25, 0.3) is 5.56 Å². The molecule has 0 N–H and O–H groups in total. The number of hydrogen-bond acceptors (Lipinski definition) is 7. The number of benzene rings is 2. The highest BCUT2D eigenvalue weighted by atomic mass is 32.1. The number of ether oxygens (including phenoxy) is 3. The Morgan fingerprint density at radius 2 is 1.78 bits per heavy atom. The van der Waals surface area contributed by atoms with E-state index in [9.17, 15) is 9.59 Å². The van der Waals surface area contributed by atoms with Crippen LogP contribution in [0.3, 0.4) is 0 Å². The lowest BCUT2D eigenvalue weighted by molar-refractivity contribution is -0.136. The van der Waals surface area contributed by atoms with E-state index in [1.807, 2.05) is 54.6 Å². The Hall–Kier alpha value is -3.65. The summed E-state index contributed by atoms with van der Waals surface area (Å²) in [6.07, 6.45) is 1.81. The maximum absolute atomic E-state index is 13.5. The molecule has 0 aliphatic carbocycles. The third-order valence-electron chi connectivity index (χ3n) is 5.25. The van der Waals surface area contributed by atoms with Crippen molar-refractivity contribution in [2.45, 2.75) is 13.0 Å². The summed E-state index contributed by atoms with van der Waals surface area (Å²) in [6, 6.07) is 14.1. The minimum absolute atomic E-state index is 0.230. The second-order valence-electron chi connectivity index (χ2n) is 7.12. The van der Waals surface area contributed by atoms with Crippen LogP contribution < -0.4 is 24.4 Å². The normalized spacial score (nSPS) is 15.8. The Morgan fingerprint density at radius 3 is 2.44 bits per heavy atom. The molecule has 0 amide bonds. The van der Waals surface area contributed by atoms with Crippen molar-refractivity contribution in [2.75, 3.05) is 21.3 Å². The Bertz CT molecular complexity index is 1380. The summed E-state index contributed by atoms with van der Waals surface area (Å²) < 4.78 is 17.6. The number of fused-ring (bicyclic) bond motifs is 1. The van der Waals surface area contributed by atoms with Crippen LogP contribution in [0.1, 0.15) is 24.1 Å². The average Bonchev–Trinajstić information content (AvgIpc) is 3.12. The fourth-order valence-electron chi connectivity index (χ4n) is 3.67. The van der Waals surface area contributed by atoms with Gasteiger partial charge in [0.1, 0.15) is 11.5 Å². The fraction of sp³-hybridized carbons (Fsp3) is 0.208. The van der Waals surface area contributed by atoms with Gasteiger partial charge in [0.05, 0.1) is 43.2 Å². The van der Waals surface area contributed by atoms with Gasteiger partial charge in [-0.25, -0.2) is 9.79 Å². The minimum Gasteiger partial charge on any atom is -0.497 e. The van der Waals surface area contributed by atoms with Gasteiger partial charge >= 0.3 is 5.97 Å². The van der Waals surface area contributed by atoms with E-state index < -0.39 is 12.0 Å². The summed E-state index contributed by atoms with van der Waals surface area (Å²) in [5.41, 5.74) is 2.20. The smallest absolute Gasteiger partial charge is 0.338 e. The van der Waals surface area contributed by atoms with Crippen molar-refractivity contribution in [3.63, 3.8) is 0 Å². The van der Waals surface area contributed by atoms with Gasteiger partial charge in [-0.1, -0.05) is 35.6 Å². The van der Waals surface area contributed by atoms with E-state index in [-0.39, 0.29) is 5.56 Å². The fourth-order valence-corrected chi connectivity index (χ4v) is 4.72. The molecule has 0 saturated carbocycles. The number of carbonyl (C=O) groups is 1. The predicted octanol–water partition coefficient (Wildman–Crippen LogP) is 2.43. The molecule has 2 heterocycles. The van der Waals surface area contributed by atoms with E-state index in [2.05, 4.69) is 4.99 Å². The van der Waals surface area contributed by atoms with Crippen molar-refractivity contribution in [2.24, 2.45) is 4.99 Å². The van der Waals surface area contributed by atoms with Crippen molar-refractivity contribution < 1.29 is 19.0 Å². The predicted molar refractivity (Wildman–Crippen MR) is 122 cm³/mol. The number of aromatic nitrogens is 1. The molecule has 8 heteroatoms. The number of hydrogen-bond donors (Lipinski definition) is 0. The average molecular weight is 451 g/mol. The van der Waals surface area contributed by atoms with Crippen molar-refractivity contribution in [1.82, 2.24) is 4.57 Å². The van der Waals surface area contributed by atoms with Gasteiger partial charge in [-0.15, -0.1) is 0 Å². The van der Waals surface area contributed by atoms with Gasteiger partial charge in [0, 0.05) is 0 Å². The van der Waals surface area contributed by atoms with Gasteiger partial charge in [0.2, 0.25) is 0 Å². The van der Waals surface area contributed by atoms with Gasteiger partial charge < -0.3 is 14.2 Å². The molecule has 0 saturated heterocycles. The lowest BCUT2D eigenvalue weighted by Gasteiger charge is -2.24. The van der Waals surface area contributed by atoms with E-state index in [4.69, 9.17) is 14.2 Å². The van der Waals surface area contributed by atoms with Gasteiger partial charge in [-0.05, 0) is 48.4 Å². The number of methoxy groups -OCH3 is 3. The van der Waals surface area contributed by atoms with Crippen LogP contribution in [-0.4, -0.2) is 31.9 Å². The van der Waals surface area contributed by atoms with E-state index in [0.29, 0.717) is 26.4 Å². The lowest BCUT2D eigenvalue weighted by atomic mass is 9.96. The standard InChI is InChI=1S/C24H22N2O5S/c1-14-20(23(28)31-4)21(16-6-5-7-18(13-16)30-3)26-22(27)19(32-24(26)25-14)12-15-8-10-17(29-2)11-9-15/h5-13,21H,1-4H3/b19-12-. The van der Waals surface area contributed by atoms with Crippen molar-refractivity contribution >= 4 is 23.4 Å². The van der Waals surface area contributed by atoms with E-state index in [0.717, 1.165) is 16.9 Å². The zero-order valence-corrected chi connectivity index (χ0v) is 18.9. The van der Waals surface area contributed by atoms with Gasteiger partial charge in [0.15, 0.2) is 4.80 Å². The van der Waals surface area contributed by atoms with Crippen LogP contribution in [0.25, 0.3) is 6.08 Å². The Balaban J connectivity index is 1.94. The highest BCUT2D eigenvalue weighted by molar-refractivity contribution is 7.07. The molecule has 0 fully saturated rings. The molecule has 1 unspecified atom stereocenters. The molecular formula is C24H22N2O5S. The molecule has 32 heavy (non-hydrogen) atoms. The maximum atomic E-state index is 13.5. The molecule has 1 aliphatic heterocycles. The van der Waals surface area contributed by atoms with Crippen LogP contribution in [0.4, 0.5) is 0 Å². The highest BCUT2D eigenvalue weighted by Crippen LogP contribution is 2.32. The Kier molecular flexibility index (Phi) is 5.96. The van der Waals surface area contributed by atoms with E-state index in [1.54, 1.807) is 25.7 Å². The second-order valence-corrected chi connectivity index (χ2v) is 8.13. The molecule has 0 bridgehead atoms. The van der Waals surface area contributed by atoms with Crippen molar-refractivity contribution in [3.8, 4) is 11.5 Å². The highest BCUT2D eigenvalue weighted by Gasteiger charge is 2.33. The first-order valence-corrected chi connectivity index (χ1v) is 10.7. The zero-order chi connectivity index (χ0) is 22.8. The van der Waals surface area contributed by atoms with E-state index in [1.165, 1.54) is 18.4 Å². The Labute approximate surface area is 188 Å². The maximum Gasteiger partial charge on any atom is 0.338 e. The molecule has 2 aromatic carbocycles. The minimum atomic E-state index is -0.674. The number of thiazole rings is 1. The first kappa shape index (κ1) is 21.6. The first-order valence-electron chi connectivity index (χ1n) is 9.85. The molecule has 3 aromatic rings. The molecule has 164 valence electrons. The van der Waals surface area contributed by atoms with Crippen LogP contribution in [0, 0.1) is 0 Å². The Morgan fingerprint density at radius 1 is 1.06 bits per heavy atom. The molecule has 1 aromatic heterocycles. The first-order chi connectivity index (χ1) is 15.5. The summed E-state index contributed by atoms with van der Waals surface area (Å²) in [6.45, 7) is 1.75. The monoisotopic (exact) mass is 450 g/mol. The molecule has 1 atom stereocenters. The molecule has 4 rings (SSSR count). The SMILES string of the molecule is COC(=O)C1=C(C)N=c2s/c(=C\c3ccc(OC)cc3)c(=O)n2C1c1cccc(OC)c1. The summed E-state index contributed by atoms with van der Waals surface area (Å²) in [4.78, 5) is 31.3. The molecule has 1 aliphatic rings. The lowest BCUT2D eigenvalue weighted by Crippen LogP contribution is -2.39. The number of allylic oxidation sites excluding steroid dienone is 1. The third kappa shape index (κ3) is 3.85. The van der Waals surface area contributed by atoms with Crippen molar-refractivity contribution in [1.29, 1.82) is 0 Å². The summed E-state index contributed by atoms with van der Waals surface area (Å²) in [5, 5.41) is 0. The molecular weight excluding hydrogens is 428 g/mol. The van der Waals surface area contributed by atoms with Crippen molar-refractivity contribution in [3.05, 3.63) is 90.6 Å². The zero-order valence-electron chi connectivity index (χ0n) is 18.1. The number of carbonyl (C=O) groups excluding carboxylic acids is 1. The number of esters is 1. The molecule has 0 radical (unpaired) electrons. The topological polar surface area (TPSA) is 79.1 Å². The molecule has 0 spiro atoms. The number of nitrogens with zero attached hydrogens (tertiary/aromatic N) is 2. The van der Waals surface area contributed by atoms with Gasteiger partial charge in [-0.3, -0.25) is 9.36 Å². The summed E-state index contributed by atoms with van der Waals surface area (Å²) >= 11 is 1.28.